The molecular weight excluding hydrogens is 470 g/mol. The van der Waals surface area contributed by atoms with Gasteiger partial charge in [-0.3, -0.25) is 0 Å². The molecule has 2 heterocycles. The highest BCUT2D eigenvalue weighted by atomic mass is 32.1. The van der Waals surface area contributed by atoms with Gasteiger partial charge in [-0.25, -0.2) is 9.78 Å². The zero-order valence-electron chi connectivity index (χ0n) is 19.8. The fourth-order valence-corrected chi connectivity index (χ4v) is 3.99. The van der Waals surface area contributed by atoms with Crippen LogP contribution in [0.3, 0.4) is 0 Å². The van der Waals surface area contributed by atoms with Crippen molar-refractivity contribution in [2.45, 2.75) is 13.5 Å². The van der Waals surface area contributed by atoms with Gasteiger partial charge in [0.15, 0.2) is 0 Å². The monoisotopic (exact) mass is 497 g/mol. The third-order valence-electron chi connectivity index (χ3n) is 5.24. The van der Waals surface area contributed by atoms with Crippen molar-refractivity contribution in [1.82, 2.24) is 24.8 Å². The molecule has 184 valence electrons. The molecule has 10 nitrogen and oxygen atoms in total. The van der Waals surface area contributed by atoms with E-state index in [9.17, 15) is 4.79 Å². The molecule has 0 bridgehead atoms. The lowest BCUT2D eigenvalue weighted by atomic mass is 10.1. The van der Waals surface area contributed by atoms with Crippen molar-refractivity contribution in [2.75, 3.05) is 33.5 Å². The Morgan fingerprint density at radius 3 is 2.51 bits per heavy atom. The number of hydrogen-bond acceptors (Lipinski definition) is 9. The van der Waals surface area contributed by atoms with Crippen LogP contribution in [0.1, 0.15) is 11.1 Å². The van der Waals surface area contributed by atoms with Gasteiger partial charge in [-0.2, -0.15) is 9.36 Å². The second-order valence-corrected chi connectivity index (χ2v) is 8.46. The van der Waals surface area contributed by atoms with Crippen LogP contribution >= 0.6 is 11.3 Å². The summed E-state index contributed by atoms with van der Waals surface area (Å²) in [6, 6.07) is 13.4. The van der Waals surface area contributed by atoms with Crippen LogP contribution in [0.2, 0.25) is 0 Å². The minimum atomic E-state index is -0.320. The maximum absolute atomic E-state index is 12.3. The third-order valence-corrected chi connectivity index (χ3v) is 5.99. The van der Waals surface area contributed by atoms with E-state index in [1.165, 1.54) is 20.7 Å². The Bertz CT molecular complexity index is 1300. The number of aromatic nitrogens is 5. The van der Waals surface area contributed by atoms with Crippen molar-refractivity contribution in [1.29, 1.82) is 0 Å². The Morgan fingerprint density at radius 2 is 1.77 bits per heavy atom. The summed E-state index contributed by atoms with van der Waals surface area (Å²) in [5.74, 6) is 0.766. The Hall–Kier alpha value is -3.54. The highest BCUT2D eigenvalue weighted by molar-refractivity contribution is 7.11. The van der Waals surface area contributed by atoms with E-state index in [1.807, 2.05) is 54.8 Å². The highest BCUT2D eigenvalue weighted by Crippen LogP contribution is 2.29. The van der Waals surface area contributed by atoms with E-state index in [4.69, 9.17) is 18.9 Å². The van der Waals surface area contributed by atoms with Crippen molar-refractivity contribution in [3.05, 3.63) is 69.5 Å². The molecule has 2 aromatic carbocycles. The van der Waals surface area contributed by atoms with Gasteiger partial charge in [0, 0.05) is 30.7 Å². The summed E-state index contributed by atoms with van der Waals surface area (Å²) in [6.07, 6.45) is 0. The van der Waals surface area contributed by atoms with Gasteiger partial charge in [0.2, 0.25) is 0 Å². The largest absolute Gasteiger partial charge is 0.491 e. The molecule has 35 heavy (non-hydrogen) atoms. The molecule has 0 saturated carbocycles. The topological polar surface area (TPSA) is 103 Å². The van der Waals surface area contributed by atoms with Gasteiger partial charge in [0.25, 0.3) is 5.19 Å². The number of hydrogen-bond donors (Lipinski definition) is 0. The van der Waals surface area contributed by atoms with Crippen molar-refractivity contribution in [3.8, 4) is 27.9 Å². The lowest BCUT2D eigenvalue weighted by Gasteiger charge is -2.11. The molecular formula is C24H27N5O5S. The zero-order chi connectivity index (χ0) is 24.6. The lowest BCUT2D eigenvalue weighted by Crippen LogP contribution is -2.23. The zero-order valence-corrected chi connectivity index (χ0v) is 20.7. The first kappa shape index (κ1) is 24.6. The Morgan fingerprint density at radius 1 is 0.971 bits per heavy atom. The minimum absolute atomic E-state index is 0.247. The predicted octanol–water partition coefficient (Wildman–Crippen LogP) is 3.02. The van der Waals surface area contributed by atoms with Gasteiger partial charge in [0.05, 0.1) is 31.2 Å². The molecule has 0 aliphatic carbocycles. The Labute approximate surface area is 206 Å². The number of benzene rings is 2. The molecule has 0 fully saturated rings. The second kappa shape index (κ2) is 11.7. The predicted molar refractivity (Wildman–Crippen MR) is 131 cm³/mol. The summed E-state index contributed by atoms with van der Waals surface area (Å²) >= 11 is 1.41. The lowest BCUT2D eigenvalue weighted by molar-refractivity contribution is 0.0544. The maximum atomic E-state index is 12.3. The normalized spacial score (nSPS) is 11.1. The van der Waals surface area contributed by atoms with E-state index in [2.05, 4.69) is 15.4 Å². The van der Waals surface area contributed by atoms with Crippen LogP contribution in [0, 0.1) is 6.92 Å². The van der Waals surface area contributed by atoms with Crippen molar-refractivity contribution >= 4 is 11.3 Å². The molecule has 0 aliphatic heterocycles. The van der Waals surface area contributed by atoms with E-state index in [1.54, 1.807) is 14.2 Å². The quantitative estimate of drug-likeness (QED) is 0.275. The van der Waals surface area contributed by atoms with E-state index in [0.717, 1.165) is 28.1 Å². The number of ether oxygens (including phenoxy) is 4. The molecule has 0 saturated heterocycles. The molecule has 0 amide bonds. The maximum Gasteiger partial charge on any atom is 0.368 e. The molecule has 4 aromatic rings. The summed E-state index contributed by atoms with van der Waals surface area (Å²) in [6.45, 7) is 4.31. The van der Waals surface area contributed by atoms with Gasteiger partial charge in [-0.05, 0) is 53.2 Å². The molecule has 0 unspecified atom stereocenters. The van der Waals surface area contributed by atoms with E-state index >= 15 is 0 Å². The number of nitrogens with zero attached hydrogens (tertiary/aromatic N) is 5. The number of aryl methyl sites for hydroxylation is 2. The Kier molecular flexibility index (Phi) is 8.24. The van der Waals surface area contributed by atoms with Crippen LogP contribution in [-0.2, 0) is 23.1 Å². The van der Waals surface area contributed by atoms with Crippen molar-refractivity contribution in [3.63, 3.8) is 0 Å². The molecule has 0 radical (unpaired) electrons. The van der Waals surface area contributed by atoms with Gasteiger partial charge < -0.3 is 18.9 Å². The summed E-state index contributed by atoms with van der Waals surface area (Å²) < 4.78 is 24.5. The first-order valence-corrected chi connectivity index (χ1v) is 11.9. The third kappa shape index (κ3) is 6.13. The van der Waals surface area contributed by atoms with Crippen molar-refractivity contribution < 1.29 is 18.9 Å². The first-order valence-electron chi connectivity index (χ1n) is 11.0. The SMILES string of the molecule is COCCOCCOc1ccc(-c2csc(OCc3c(C)cccc3-n3nnn(C)c3=O)n2)cc1. The average Bonchev–Trinajstić information content (AvgIpc) is 3.47. The molecule has 4 rings (SSSR count). The van der Waals surface area contributed by atoms with Crippen LogP contribution < -0.4 is 15.2 Å². The molecule has 0 spiro atoms. The van der Waals surface area contributed by atoms with E-state index in [0.29, 0.717) is 37.3 Å². The van der Waals surface area contributed by atoms with E-state index < -0.39 is 0 Å². The molecule has 0 N–H and O–H groups in total. The summed E-state index contributed by atoms with van der Waals surface area (Å²) in [7, 11) is 3.20. The standard InChI is InChI=1S/C24H27N5O5S/c1-17-5-4-6-22(29-24(30)28(2)26-27-29)20(17)15-34-23-25-21(16-35-23)18-7-9-19(10-8-18)33-14-13-32-12-11-31-3/h4-10,16H,11-15H2,1-3H3. The fourth-order valence-electron chi connectivity index (χ4n) is 3.31. The Balaban J connectivity index is 1.37. The van der Waals surface area contributed by atoms with Crippen LogP contribution in [0.4, 0.5) is 0 Å². The van der Waals surface area contributed by atoms with E-state index in [-0.39, 0.29) is 12.3 Å². The molecule has 2 aromatic heterocycles. The average molecular weight is 498 g/mol. The summed E-state index contributed by atoms with van der Waals surface area (Å²) in [5.41, 5.74) is 3.92. The molecule has 0 atom stereocenters. The molecule has 0 aliphatic rings. The van der Waals surface area contributed by atoms with Gasteiger partial charge in [-0.1, -0.05) is 23.5 Å². The summed E-state index contributed by atoms with van der Waals surface area (Å²) in [5, 5.41) is 10.2. The van der Waals surface area contributed by atoms with Crippen LogP contribution in [0.5, 0.6) is 10.9 Å². The number of thiazole rings is 1. The second-order valence-electron chi connectivity index (χ2n) is 7.63. The number of rotatable bonds is 12. The minimum Gasteiger partial charge on any atom is -0.491 e. The first-order chi connectivity index (χ1) is 17.1. The highest BCUT2D eigenvalue weighted by Gasteiger charge is 2.14. The van der Waals surface area contributed by atoms with Crippen LogP contribution in [-0.4, -0.2) is 58.3 Å². The van der Waals surface area contributed by atoms with Crippen LogP contribution in [0.25, 0.3) is 16.9 Å². The smallest absolute Gasteiger partial charge is 0.368 e. The fraction of sp³-hybridized carbons (Fsp3) is 0.333. The number of tetrazole rings is 1. The van der Waals surface area contributed by atoms with Gasteiger partial charge >= 0.3 is 5.69 Å². The van der Waals surface area contributed by atoms with Crippen molar-refractivity contribution in [2.24, 2.45) is 7.05 Å². The van der Waals surface area contributed by atoms with Crippen LogP contribution in [0.15, 0.2) is 52.6 Å². The molecule has 11 heteroatoms. The van der Waals surface area contributed by atoms with Gasteiger partial charge in [-0.15, -0.1) is 0 Å². The number of methoxy groups -OCH3 is 1. The summed E-state index contributed by atoms with van der Waals surface area (Å²) in [4.78, 5) is 16.9. The van der Waals surface area contributed by atoms with Gasteiger partial charge in [0.1, 0.15) is 19.0 Å².